The number of urea groups is 1. The fourth-order valence-electron chi connectivity index (χ4n) is 6.77. The predicted octanol–water partition coefficient (Wildman–Crippen LogP) is 5.43. The molecule has 4 aromatic rings. The van der Waals surface area contributed by atoms with Crippen molar-refractivity contribution in [3.8, 4) is 5.75 Å². The Morgan fingerprint density at radius 3 is 2.60 bits per heavy atom. The number of anilines is 3. The fraction of sp³-hybridized carbons (Fsp3) is 0.324. The highest BCUT2D eigenvalue weighted by Crippen LogP contribution is 2.47. The highest BCUT2D eigenvalue weighted by molar-refractivity contribution is 8.24. The van der Waals surface area contributed by atoms with Crippen molar-refractivity contribution in [2.45, 2.75) is 25.3 Å². The van der Waals surface area contributed by atoms with E-state index in [-0.39, 0.29) is 35.2 Å². The van der Waals surface area contributed by atoms with Crippen LogP contribution in [0.2, 0.25) is 0 Å². The molecule has 1 aromatic carbocycles. The number of nitrogens with zero attached hydrogens (tertiary/aromatic N) is 5. The van der Waals surface area contributed by atoms with Gasteiger partial charge in [-0.15, -0.1) is 0 Å². The van der Waals surface area contributed by atoms with Crippen LogP contribution in [0.15, 0.2) is 66.9 Å². The third kappa shape index (κ3) is 6.21. The van der Waals surface area contributed by atoms with Crippen molar-refractivity contribution >= 4 is 62.5 Å². The Morgan fingerprint density at radius 1 is 1.08 bits per heavy atom. The highest BCUT2D eigenvalue weighted by atomic mass is 32.3. The molecular formula is C34H37N7O6S. The van der Waals surface area contributed by atoms with Gasteiger partial charge in [-0.1, -0.05) is 0 Å². The Kier molecular flexibility index (Phi) is 8.31. The molecule has 13 nitrogen and oxygen atoms in total. The van der Waals surface area contributed by atoms with E-state index in [1.165, 1.54) is 6.20 Å². The van der Waals surface area contributed by atoms with Crippen LogP contribution >= 0.6 is 10.6 Å². The molecule has 0 aliphatic carbocycles. The van der Waals surface area contributed by atoms with E-state index in [0.717, 1.165) is 22.3 Å². The van der Waals surface area contributed by atoms with Crippen molar-refractivity contribution in [3.05, 3.63) is 78.1 Å². The lowest BCUT2D eigenvalue weighted by atomic mass is 9.94. The van der Waals surface area contributed by atoms with Gasteiger partial charge in [0.25, 0.3) is 0 Å². The quantitative estimate of drug-likeness (QED) is 0.196. The molecule has 3 aliphatic heterocycles. The zero-order valence-electron chi connectivity index (χ0n) is 26.6. The molecule has 4 N–H and O–H groups in total. The number of piperidine rings is 1. The fourth-order valence-corrected chi connectivity index (χ4v) is 8.59. The van der Waals surface area contributed by atoms with Gasteiger partial charge in [0.1, 0.15) is 11.4 Å². The predicted molar refractivity (Wildman–Crippen MR) is 186 cm³/mol. The molecule has 3 amide bonds. The Bertz CT molecular complexity index is 1940. The number of allylic oxidation sites excluding steroid dienone is 1. The third-order valence-corrected chi connectivity index (χ3v) is 11.1. The summed E-state index contributed by atoms with van der Waals surface area (Å²) in [6, 6.07) is 9.73. The number of carbonyl (C=O) groups is 3. The summed E-state index contributed by atoms with van der Waals surface area (Å²) in [5.74, 6) is 0.819. The van der Waals surface area contributed by atoms with Crippen molar-refractivity contribution < 1.29 is 28.2 Å². The molecule has 6 heterocycles. The normalized spacial score (nSPS) is 20.4. The van der Waals surface area contributed by atoms with E-state index in [0.29, 0.717) is 60.8 Å². The standard InChI is InChI=1S/C34H37N7O6S/c1-39-19-22(16-29-31(42)26-17-23(5-6-28(26)47-29)37-34(44)38-24-4-3-11-35-18-24)30-27(7-12-36-32(30)39)41-13-8-21(9-14-41)33(43)40(2)25-10-15-48(45,46)20-25/h3-7,11-12,16-19,21,25,45-46H,8-10,13-15,20H2,1-2H3,(H2,37,38,44). The number of nitrogens with one attached hydrogen (secondary N) is 2. The molecule has 1 atom stereocenters. The van der Waals surface area contributed by atoms with Crippen LogP contribution in [0.5, 0.6) is 5.75 Å². The molecule has 250 valence electrons. The van der Waals surface area contributed by atoms with E-state index in [4.69, 9.17) is 4.74 Å². The van der Waals surface area contributed by atoms with E-state index >= 15 is 0 Å². The molecule has 3 aliphatic rings. The largest absolute Gasteiger partial charge is 0.452 e. The van der Waals surface area contributed by atoms with Crippen molar-refractivity contribution in [2.24, 2.45) is 13.0 Å². The summed E-state index contributed by atoms with van der Waals surface area (Å²) in [5, 5.41) is 6.33. The molecule has 0 bridgehead atoms. The molecule has 1 unspecified atom stereocenters. The first-order valence-corrected chi connectivity index (χ1v) is 17.7. The Hall–Kier alpha value is -4.92. The summed E-state index contributed by atoms with van der Waals surface area (Å²) in [4.78, 5) is 51.9. The second-order valence-electron chi connectivity index (χ2n) is 12.5. The average Bonchev–Trinajstić information content (AvgIpc) is 3.72. The smallest absolute Gasteiger partial charge is 0.323 e. The van der Waals surface area contributed by atoms with E-state index in [1.54, 1.807) is 60.7 Å². The van der Waals surface area contributed by atoms with Gasteiger partial charge < -0.3 is 29.7 Å². The minimum Gasteiger partial charge on any atom is -0.452 e. The van der Waals surface area contributed by atoms with Crippen LogP contribution in [0.1, 0.15) is 35.2 Å². The molecule has 48 heavy (non-hydrogen) atoms. The van der Waals surface area contributed by atoms with Gasteiger partial charge in [-0.05, 0) is 61.7 Å². The Labute approximate surface area is 279 Å². The molecule has 2 fully saturated rings. The molecular weight excluding hydrogens is 634 g/mol. The SMILES string of the molecule is CN(C(=O)C1CCN(c2ccnc3c2c(C=C2Oc4ccc(NC(=O)Nc5cccnc5)cc4C2=O)cn3C)CC1)C1CCS(O)(O)C1. The van der Waals surface area contributed by atoms with Gasteiger partial charge in [-0.2, -0.15) is 10.6 Å². The molecule has 0 radical (unpaired) electrons. The molecule has 0 saturated carbocycles. The summed E-state index contributed by atoms with van der Waals surface area (Å²) >= 11 is 0. The van der Waals surface area contributed by atoms with E-state index < -0.39 is 16.6 Å². The maximum atomic E-state index is 13.5. The molecule has 3 aromatic heterocycles. The number of Topliss-reactive ketones (excluding diaryl/α,β-unsaturated/α-hetero) is 1. The summed E-state index contributed by atoms with van der Waals surface area (Å²) in [6.07, 6.45) is 10.5. The van der Waals surface area contributed by atoms with Crippen LogP contribution in [-0.2, 0) is 11.8 Å². The van der Waals surface area contributed by atoms with Gasteiger partial charge in [0.05, 0.1) is 29.2 Å². The van der Waals surface area contributed by atoms with Crippen LogP contribution in [0.25, 0.3) is 17.1 Å². The zero-order valence-corrected chi connectivity index (χ0v) is 27.4. The number of ether oxygens (including phenoxy) is 1. The van der Waals surface area contributed by atoms with Crippen LogP contribution in [0, 0.1) is 5.92 Å². The Balaban J connectivity index is 1.07. The number of hydrogen-bond donors (Lipinski definition) is 4. The highest BCUT2D eigenvalue weighted by Gasteiger charge is 2.36. The lowest BCUT2D eigenvalue weighted by Gasteiger charge is -2.36. The summed E-state index contributed by atoms with van der Waals surface area (Å²) in [5.41, 5.74) is 3.82. The average molecular weight is 672 g/mol. The first kappa shape index (κ1) is 31.7. The Morgan fingerprint density at radius 2 is 1.88 bits per heavy atom. The van der Waals surface area contributed by atoms with E-state index in [1.807, 2.05) is 23.9 Å². The van der Waals surface area contributed by atoms with E-state index in [9.17, 15) is 23.5 Å². The van der Waals surface area contributed by atoms with Crippen molar-refractivity contribution in [2.75, 3.05) is 47.2 Å². The van der Waals surface area contributed by atoms with Gasteiger partial charge in [-0.25, -0.2) is 9.78 Å². The maximum absolute atomic E-state index is 13.5. The number of rotatable bonds is 6. The second kappa shape index (κ2) is 12.6. The molecule has 14 heteroatoms. The van der Waals surface area contributed by atoms with Gasteiger partial charge in [0.2, 0.25) is 11.7 Å². The van der Waals surface area contributed by atoms with Crippen LogP contribution < -0.4 is 20.3 Å². The lowest BCUT2D eigenvalue weighted by molar-refractivity contribution is -0.136. The molecule has 7 rings (SSSR count). The number of amides is 3. The van der Waals surface area contributed by atoms with Crippen LogP contribution in [0.3, 0.4) is 0 Å². The summed E-state index contributed by atoms with van der Waals surface area (Å²) in [6.45, 7) is 1.33. The maximum Gasteiger partial charge on any atom is 0.323 e. The lowest BCUT2D eigenvalue weighted by Crippen LogP contribution is -2.45. The number of carbonyl (C=O) groups excluding carboxylic acids is 3. The van der Waals surface area contributed by atoms with Crippen molar-refractivity contribution in [1.82, 2.24) is 19.4 Å². The molecule has 2 saturated heterocycles. The number of aryl methyl sites for hydroxylation is 1. The number of fused-ring (bicyclic) bond motifs is 2. The zero-order chi connectivity index (χ0) is 33.6. The number of aromatic nitrogens is 3. The van der Waals surface area contributed by atoms with Gasteiger partial charge in [-0.3, -0.25) is 23.7 Å². The number of hydrogen-bond acceptors (Lipinski definition) is 9. The van der Waals surface area contributed by atoms with Crippen LogP contribution in [-0.4, -0.2) is 83.9 Å². The summed E-state index contributed by atoms with van der Waals surface area (Å²) in [7, 11) is 1.10. The number of pyridine rings is 2. The minimum atomic E-state index is -2.58. The van der Waals surface area contributed by atoms with Gasteiger partial charge in [0.15, 0.2) is 5.76 Å². The minimum absolute atomic E-state index is 0.0608. The van der Waals surface area contributed by atoms with E-state index in [2.05, 4.69) is 25.5 Å². The van der Waals surface area contributed by atoms with Crippen molar-refractivity contribution in [3.63, 3.8) is 0 Å². The second-order valence-corrected chi connectivity index (χ2v) is 14.9. The first-order valence-electron chi connectivity index (χ1n) is 15.8. The monoisotopic (exact) mass is 671 g/mol. The number of ketones is 1. The molecule has 0 spiro atoms. The first-order chi connectivity index (χ1) is 23.1. The number of benzene rings is 1. The van der Waals surface area contributed by atoms with Gasteiger partial charge >= 0.3 is 6.03 Å². The third-order valence-electron chi connectivity index (χ3n) is 9.31. The summed E-state index contributed by atoms with van der Waals surface area (Å²) < 4.78 is 28.0. The van der Waals surface area contributed by atoms with Gasteiger partial charge in [0, 0.05) is 79.8 Å². The van der Waals surface area contributed by atoms with Crippen molar-refractivity contribution in [1.29, 1.82) is 0 Å². The van der Waals surface area contributed by atoms with Crippen LogP contribution in [0.4, 0.5) is 21.9 Å². The topological polar surface area (TPSA) is 162 Å².